The van der Waals surface area contributed by atoms with E-state index in [-0.39, 0.29) is 11.2 Å². The second-order valence-corrected chi connectivity index (χ2v) is 6.59. The van der Waals surface area contributed by atoms with Gasteiger partial charge in [0.2, 0.25) is 0 Å². The summed E-state index contributed by atoms with van der Waals surface area (Å²) < 4.78 is 4.29. The summed E-state index contributed by atoms with van der Waals surface area (Å²) in [5.41, 5.74) is 0.932. The molecule has 0 atom stereocenters. The van der Waals surface area contributed by atoms with Crippen molar-refractivity contribution in [3.8, 4) is 0 Å². The maximum absolute atomic E-state index is 12.7. The van der Waals surface area contributed by atoms with E-state index >= 15 is 0 Å². The standard InChI is InChI=1S/C16H15N5O2S/c1-19-13-11(14(22)20(2)16(19)23)21-12(10-6-4-3-5-7-10)17-8-9-24-15(21)18-13/h3-7H,8-9H2,1-2H3. The number of aliphatic imine (C=N–C) groups is 1. The molecule has 0 saturated heterocycles. The minimum Gasteiger partial charge on any atom is -0.279 e. The SMILES string of the molecule is Cn1c(=O)c2c(nc3n2C(c2ccccc2)=NCCS3)n(C)c1=O. The smallest absolute Gasteiger partial charge is 0.279 e. The molecule has 0 radical (unpaired) electrons. The largest absolute Gasteiger partial charge is 0.332 e. The maximum atomic E-state index is 12.7. The molecule has 122 valence electrons. The van der Waals surface area contributed by atoms with Crippen LogP contribution in [0.25, 0.3) is 11.2 Å². The Morgan fingerprint density at radius 2 is 1.83 bits per heavy atom. The predicted molar refractivity (Wildman–Crippen MR) is 94.2 cm³/mol. The van der Waals surface area contributed by atoms with Gasteiger partial charge in [-0.05, 0) is 0 Å². The van der Waals surface area contributed by atoms with Gasteiger partial charge >= 0.3 is 5.69 Å². The zero-order chi connectivity index (χ0) is 16.8. The van der Waals surface area contributed by atoms with Crippen molar-refractivity contribution in [3.05, 3.63) is 56.7 Å². The average molecular weight is 341 g/mol. The highest BCUT2D eigenvalue weighted by Crippen LogP contribution is 2.25. The molecule has 0 unspecified atom stereocenters. The Hall–Kier alpha value is -2.61. The molecule has 24 heavy (non-hydrogen) atoms. The van der Waals surface area contributed by atoms with Gasteiger partial charge in [0, 0.05) is 25.4 Å². The minimum absolute atomic E-state index is 0.363. The second-order valence-electron chi connectivity index (χ2n) is 5.53. The monoisotopic (exact) mass is 341 g/mol. The maximum Gasteiger partial charge on any atom is 0.332 e. The van der Waals surface area contributed by atoms with Gasteiger partial charge in [0.1, 0.15) is 5.84 Å². The van der Waals surface area contributed by atoms with Gasteiger partial charge in [-0.3, -0.25) is 23.5 Å². The highest BCUT2D eigenvalue weighted by Gasteiger charge is 2.24. The lowest BCUT2D eigenvalue weighted by Gasteiger charge is -2.10. The summed E-state index contributed by atoms with van der Waals surface area (Å²) in [5, 5.41) is 0.684. The molecule has 0 bridgehead atoms. The van der Waals surface area contributed by atoms with E-state index in [4.69, 9.17) is 0 Å². The Labute approximate surface area is 141 Å². The van der Waals surface area contributed by atoms with Crippen LogP contribution in [0, 0.1) is 0 Å². The molecule has 0 N–H and O–H groups in total. The van der Waals surface area contributed by atoms with E-state index in [2.05, 4.69) is 9.98 Å². The number of rotatable bonds is 1. The van der Waals surface area contributed by atoms with Gasteiger partial charge in [-0.2, -0.15) is 0 Å². The molecule has 3 heterocycles. The Kier molecular flexibility index (Phi) is 3.42. The van der Waals surface area contributed by atoms with Crippen LogP contribution in [0.3, 0.4) is 0 Å². The van der Waals surface area contributed by atoms with E-state index in [0.29, 0.717) is 28.7 Å². The van der Waals surface area contributed by atoms with Crippen molar-refractivity contribution in [3.63, 3.8) is 0 Å². The number of hydrogen-bond acceptors (Lipinski definition) is 5. The summed E-state index contributed by atoms with van der Waals surface area (Å²) in [6, 6.07) is 9.71. The third-order valence-corrected chi connectivity index (χ3v) is 4.97. The summed E-state index contributed by atoms with van der Waals surface area (Å²) in [5.74, 6) is 1.46. The van der Waals surface area contributed by atoms with Gasteiger partial charge in [-0.25, -0.2) is 9.78 Å². The third kappa shape index (κ3) is 2.06. The minimum atomic E-state index is -0.385. The first kappa shape index (κ1) is 14.9. The third-order valence-electron chi connectivity index (χ3n) is 4.05. The Morgan fingerprint density at radius 1 is 1.08 bits per heavy atom. The van der Waals surface area contributed by atoms with E-state index in [1.807, 2.05) is 30.3 Å². The lowest BCUT2D eigenvalue weighted by Crippen LogP contribution is -2.38. The van der Waals surface area contributed by atoms with Crippen molar-refractivity contribution in [1.29, 1.82) is 0 Å². The highest BCUT2D eigenvalue weighted by molar-refractivity contribution is 7.99. The average Bonchev–Trinajstić information content (AvgIpc) is 2.86. The molecule has 7 nitrogen and oxygen atoms in total. The van der Waals surface area contributed by atoms with Crippen LogP contribution in [0.4, 0.5) is 0 Å². The van der Waals surface area contributed by atoms with Crippen LogP contribution in [0.5, 0.6) is 0 Å². The van der Waals surface area contributed by atoms with E-state index in [9.17, 15) is 9.59 Å². The van der Waals surface area contributed by atoms with Gasteiger partial charge in [0.05, 0.1) is 6.54 Å². The molecular weight excluding hydrogens is 326 g/mol. The Balaban J connectivity index is 2.15. The van der Waals surface area contributed by atoms with Crippen LogP contribution in [0.2, 0.25) is 0 Å². The normalized spacial score (nSPS) is 14.3. The number of aromatic nitrogens is 4. The molecule has 1 aromatic carbocycles. The fraction of sp³-hybridized carbons (Fsp3) is 0.250. The topological polar surface area (TPSA) is 74.2 Å². The molecule has 3 aromatic rings. The van der Waals surface area contributed by atoms with Gasteiger partial charge in [0.25, 0.3) is 5.56 Å². The number of benzene rings is 1. The zero-order valence-corrected chi connectivity index (χ0v) is 14.1. The van der Waals surface area contributed by atoms with Crippen molar-refractivity contribution >= 4 is 28.8 Å². The van der Waals surface area contributed by atoms with Crippen molar-refractivity contribution in [2.45, 2.75) is 5.16 Å². The molecule has 2 aromatic heterocycles. The first-order valence-electron chi connectivity index (χ1n) is 7.51. The number of nitrogens with zero attached hydrogens (tertiary/aromatic N) is 5. The predicted octanol–water partition coefficient (Wildman–Crippen LogP) is 0.834. The van der Waals surface area contributed by atoms with Crippen LogP contribution in [0.15, 0.2) is 50.1 Å². The van der Waals surface area contributed by atoms with Crippen LogP contribution in [0.1, 0.15) is 5.56 Å². The molecule has 4 rings (SSSR count). The van der Waals surface area contributed by atoms with Crippen molar-refractivity contribution in [2.24, 2.45) is 19.1 Å². The number of aryl methyl sites for hydroxylation is 1. The Bertz CT molecular complexity index is 1090. The number of hydrogen-bond donors (Lipinski definition) is 0. The lowest BCUT2D eigenvalue weighted by atomic mass is 10.2. The second kappa shape index (κ2) is 5.48. The molecule has 1 aliphatic rings. The molecule has 0 aliphatic carbocycles. The molecular formula is C16H15N5O2S. The van der Waals surface area contributed by atoms with Gasteiger partial charge in [-0.1, -0.05) is 42.1 Å². The van der Waals surface area contributed by atoms with Crippen LogP contribution >= 0.6 is 11.8 Å². The molecule has 8 heteroatoms. The number of thioether (sulfide) groups is 1. The first-order chi connectivity index (χ1) is 11.6. The molecule has 0 amide bonds. The molecule has 0 saturated carbocycles. The van der Waals surface area contributed by atoms with E-state index < -0.39 is 0 Å². The van der Waals surface area contributed by atoms with Gasteiger partial charge < -0.3 is 0 Å². The quantitative estimate of drug-likeness (QED) is 0.657. The number of imidazole rings is 1. The van der Waals surface area contributed by atoms with E-state index in [1.165, 1.54) is 23.4 Å². The van der Waals surface area contributed by atoms with Gasteiger partial charge in [-0.15, -0.1) is 0 Å². The number of fused-ring (bicyclic) bond motifs is 3. The summed E-state index contributed by atoms with van der Waals surface area (Å²) in [4.78, 5) is 34.1. The summed E-state index contributed by atoms with van der Waals surface area (Å²) >= 11 is 1.54. The molecule has 0 fully saturated rings. The summed E-state index contributed by atoms with van der Waals surface area (Å²) in [6.45, 7) is 0.645. The summed E-state index contributed by atoms with van der Waals surface area (Å²) in [7, 11) is 3.11. The Morgan fingerprint density at radius 3 is 2.58 bits per heavy atom. The van der Waals surface area contributed by atoms with Gasteiger partial charge in [0.15, 0.2) is 16.3 Å². The zero-order valence-electron chi connectivity index (χ0n) is 13.3. The lowest BCUT2D eigenvalue weighted by molar-refractivity contribution is 0.708. The fourth-order valence-electron chi connectivity index (χ4n) is 2.84. The van der Waals surface area contributed by atoms with Crippen molar-refractivity contribution in [1.82, 2.24) is 18.7 Å². The van der Waals surface area contributed by atoms with Crippen LogP contribution in [-0.2, 0) is 14.1 Å². The van der Waals surface area contributed by atoms with Crippen LogP contribution in [-0.4, -0.2) is 36.8 Å². The molecule has 0 spiro atoms. The van der Waals surface area contributed by atoms with Crippen LogP contribution < -0.4 is 11.2 Å². The molecule has 1 aliphatic heterocycles. The van der Waals surface area contributed by atoms with E-state index in [0.717, 1.165) is 15.9 Å². The first-order valence-corrected chi connectivity index (χ1v) is 8.49. The van der Waals surface area contributed by atoms with Crippen molar-refractivity contribution < 1.29 is 0 Å². The van der Waals surface area contributed by atoms with E-state index in [1.54, 1.807) is 11.6 Å². The fourth-order valence-corrected chi connectivity index (χ4v) is 3.66. The highest BCUT2D eigenvalue weighted by atomic mass is 32.2. The van der Waals surface area contributed by atoms with Crippen molar-refractivity contribution in [2.75, 3.05) is 12.3 Å². The summed E-state index contributed by atoms with van der Waals surface area (Å²) in [6.07, 6.45) is 0.